The van der Waals surface area contributed by atoms with Gasteiger partial charge in [-0.2, -0.15) is 0 Å². The molecule has 1 saturated heterocycles. The molecule has 1 heterocycles. The zero-order valence-corrected chi connectivity index (χ0v) is 9.54. The Morgan fingerprint density at radius 3 is 2.50 bits per heavy atom. The van der Waals surface area contributed by atoms with Crippen molar-refractivity contribution in [1.82, 2.24) is 4.90 Å². The van der Waals surface area contributed by atoms with Gasteiger partial charge in [-0.15, -0.1) is 0 Å². The molecule has 2 N–H and O–H groups in total. The molecule has 0 bridgehead atoms. The summed E-state index contributed by atoms with van der Waals surface area (Å²) in [5.41, 5.74) is 5.52. The lowest BCUT2D eigenvalue weighted by Crippen LogP contribution is -2.39. The molecule has 0 unspecified atom stereocenters. The van der Waals surface area contributed by atoms with Crippen LogP contribution >= 0.6 is 0 Å². The van der Waals surface area contributed by atoms with Crippen molar-refractivity contribution in [2.75, 3.05) is 32.8 Å². The summed E-state index contributed by atoms with van der Waals surface area (Å²) in [7, 11) is 0. The molecule has 0 amide bonds. The third-order valence-electron chi connectivity index (χ3n) is 2.65. The van der Waals surface area contributed by atoms with Gasteiger partial charge in [0.25, 0.3) is 0 Å². The Morgan fingerprint density at radius 1 is 1.36 bits per heavy atom. The molecule has 84 valence electrons. The fourth-order valence-electron chi connectivity index (χ4n) is 1.81. The number of ether oxygens (including phenoxy) is 1. The van der Waals surface area contributed by atoms with Gasteiger partial charge in [0, 0.05) is 32.8 Å². The summed E-state index contributed by atoms with van der Waals surface area (Å²) in [4.78, 5) is 2.43. The van der Waals surface area contributed by atoms with Crippen molar-refractivity contribution in [3.05, 3.63) is 0 Å². The normalized spacial score (nSPS) is 20.6. The monoisotopic (exact) mass is 200 g/mol. The maximum Gasteiger partial charge on any atom is 0.0599 e. The first-order valence-electron chi connectivity index (χ1n) is 5.76. The van der Waals surface area contributed by atoms with Crippen LogP contribution in [0.4, 0.5) is 0 Å². The lowest BCUT2D eigenvalue weighted by molar-refractivity contribution is -0.00385. The summed E-state index contributed by atoms with van der Waals surface area (Å²) in [5.74, 6) is 0.650. The minimum atomic E-state index is 0.492. The highest BCUT2D eigenvalue weighted by molar-refractivity contribution is 4.72. The van der Waals surface area contributed by atoms with Crippen LogP contribution in [-0.4, -0.2) is 43.8 Å². The number of rotatable bonds is 5. The number of nitrogens with two attached hydrogens (primary N) is 1. The molecular formula is C11H24N2O. The van der Waals surface area contributed by atoms with E-state index in [1.54, 1.807) is 0 Å². The maximum absolute atomic E-state index is 5.81. The van der Waals surface area contributed by atoms with Gasteiger partial charge in [-0.3, -0.25) is 0 Å². The Morgan fingerprint density at radius 2 is 2.00 bits per heavy atom. The van der Waals surface area contributed by atoms with E-state index in [1.807, 2.05) is 0 Å². The first-order chi connectivity index (χ1) is 6.72. The summed E-state index contributed by atoms with van der Waals surface area (Å²) in [5, 5.41) is 0. The van der Waals surface area contributed by atoms with Crippen molar-refractivity contribution in [2.45, 2.75) is 32.8 Å². The van der Waals surface area contributed by atoms with Gasteiger partial charge in [0.05, 0.1) is 6.10 Å². The first kappa shape index (κ1) is 12.0. The smallest absolute Gasteiger partial charge is 0.0599 e. The van der Waals surface area contributed by atoms with Crippen LogP contribution in [0.15, 0.2) is 0 Å². The summed E-state index contributed by atoms with van der Waals surface area (Å²) < 4.78 is 5.81. The van der Waals surface area contributed by atoms with E-state index < -0.39 is 0 Å². The van der Waals surface area contributed by atoms with Crippen LogP contribution in [0.5, 0.6) is 0 Å². The van der Waals surface area contributed by atoms with Gasteiger partial charge in [0.15, 0.2) is 0 Å². The van der Waals surface area contributed by atoms with Crippen LogP contribution in [0, 0.1) is 5.92 Å². The second-order valence-corrected chi connectivity index (χ2v) is 4.56. The van der Waals surface area contributed by atoms with Crippen molar-refractivity contribution in [2.24, 2.45) is 11.7 Å². The molecule has 1 rings (SSSR count). The summed E-state index contributed by atoms with van der Waals surface area (Å²) in [6.07, 6.45) is 2.84. The second kappa shape index (κ2) is 6.38. The molecule has 14 heavy (non-hydrogen) atoms. The number of hydrogen-bond donors (Lipinski definition) is 1. The van der Waals surface area contributed by atoms with Crippen LogP contribution in [0.2, 0.25) is 0 Å². The Labute approximate surface area is 87.6 Å². The van der Waals surface area contributed by atoms with Gasteiger partial charge in [0.1, 0.15) is 0 Å². The molecule has 0 aromatic rings. The molecule has 0 aromatic carbocycles. The molecule has 3 nitrogen and oxygen atoms in total. The highest BCUT2D eigenvalue weighted by Gasteiger charge is 2.18. The average Bonchev–Trinajstić information content (AvgIpc) is 2.17. The maximum atomic E-state index is 5.81. The van der Waals surface area contributed by atoms with E-state index in [0.717, 1.165) is 32.8 Å². The fourth-order valence-corrected chi connectivity index (χ4v) is 1.81. The van der Waals surface area contributed by atoms with Crippen LogP contribution in [0.1, 0.15) is 26.7 Å². The van der Waals surface area contributed by atoms with E-state index in [9.17, 15) is 0 Å². The molecule has 1 fully saturated rings. The molecule has 0 atom stereocenters. The number of hydrogen-bond acceptors (Lipinski definition) is 3. The molecule has 0 radical (unpaired) electrons. The van der Waals surface area contributed by atoms with Crippen molar-refractivity contribution >= 4 is 0 Å². The van der Waals surface area contributed by atoms with E-state index in [4.69, 9.17) is 10.5 Å². The highest BCUT2D eigenvalue weighted by Crippen LogP contribution is 2.13. The molecule has 0 saturated carbocycles. The quantitative estimate of drug-likeness (QED) is 0.722. The molecular weight excluding hydrogens is 176 g/mol. The minimum absolute atomic E-state index is 0.492. The fraction of sp³-hybridized carbons (Fsp3) is 1.00. The third-order valence-corrected chi connectivity index (χ3v) is 2.65. The van der Waals surface area contributed by atoms with E-state index in [2.05, 4.69) is 18.7 Å². The minimum Gasteiger partial charge on any atom is -0.378 e. The SMILES string of the molecule is CC(C)COC1CCN(CCN)CC1. The van der Waals surface area contributed by atoms with Crippen molar-refractivity contribution in [1.29, 1.82) is 0 Å². The summed E-state index contributed by atoms with van der Waals surface area (Å²) in [6.45, 7) is 9.42. The van der Waals surface area contributed by atoms with E-state index in [-0.39, 0.29) is 0 Å². The van der Waals surface area contributed by atoms with Crippen LogP contribution in [-0.2, 0) is 4.74 Å². The summed E-state index contributed by atoms with van der Waals surface area (Å²) in [6, 6.07) is 0. The molecule has 0 spiro atoms. The number of piperidine rings is 1. The van der Waals surface area contributed by atoms with E-state index >= 15 is 0 Å². The first-order valence-corrected chi connectivity index (χ1v) is 5.76. The predicted octanol–water partition coefficient (Wildman–Crippen LogP) is 1.08. The zero-order chi connectivity index (χ0) is 10.4. The Balaban J connectivity index is 2.09. The lowest BCUT2D eigenvalue weighted by Gasteiger charge is -2.31. The average molecular weight is 200 g/mol. The van der Waals surface area contributed by atoms with Crippen LogP contribution in [0.3, 0.4) is 0 Å². The van der Waals surface area contributed by atoms with Crippen molar-refractivity contribution in [3.8, 4) is 0 Å². The third kappa shape index (κ3) is 4.40. The molecule has 0 aliphatic carbocycles. The topological polar surface area (TPSA) is 38.5 Å². The van der Waals surface area contributed by atoms with Gasteiger partial charge < -0.3 is 15.4 Å². The lowest BCUT2D eigenvalue weighted by atomic mass is 10.1. The van der Waals surface area contributed by atoms with E-state index in [1.165, 1.54) is 12.8 Å². The predicted molar refractivity (Wildman–Crippen MR) is 59.3 cm³/mol. The van der Waals surface area contributed by atoms with Crippen molar-refractivity contribution < 1.29 is 4.74 Å². The highest BCUT2D eigenvalue weighted by atomic mass is 16.5. The standard InChI is InChI=1S/C11H24N2O/c1-10(2)9-14-11-3-6-13(7-4-11)8-5-12/h10-11H,3-9,12H2,1-2H3. The second-order valence-electron chi connectivity index (χ2n) is 4.56. The van der Waals surface area contributed by atoms with Crippen LogP contribution < -0.4 is 5.73 Å². The Kier molecular flexibility index (Phi) is 5.45. The van der Waals surface area contributed by atoms with Gasteiger partial charge >= 0.3 is 0 Å². The van der Waals surface area contributed by atoms with E-state index in [0.29, 0.717) is 12.0 Å². The Bertz CT molecular complexity index is 142. The van der Waals surface area contributed by atoms with Crippen LogP contribution in [0.25, 0.3) is 0 Å². The molecule has 0 aromatic heterocycles. The van der Waals surface area contributed by atoms with Gasteiger partial charge in [-0.1, -0.05) is 13.8 Å². The van der Waals surface area contributed by atoms with Gasteiger partial charge in [0.2, 0.25) is 0 Å². The zero-order valence-electron chi connectivity index (χ0n) is 9.54. The number of likely N-dealkylation sites (tertiary alicyclic amines) is 1. The number of nitrogens with zero attached hydrogens (tertiary/aromatic N) is 1. The van der Waals surface area contributed by atoms with Gasteiger partial charge in [-0.25, -0.2) is 0 Å². The molecule has 3 heteroatoms. The molecule has 1 aliphatic heterocycles. The van der Waals surface area contributed by atoms with Gasteiger partial charge in [-0.05, 0) is 18.8 Å². The largest absolute Gasteiger partial charge is 0.378 e. The van der Waals surface area contributed by atoms with Crippen molar-refractivity contribution in [3.63, 3.8) is 0 Å². The summed E-state index contributed by atoms with van der Waals surface area (Å²) >= 11 is 0. The molecule has 1 aliphatic rings. The Hall–Kier alpha value is -0.120.